The van der Waals surface area contributed by atoms with Crippen LogP contribution in [-0.2, 0) is 0 Å². The zero-order valence-corrected chi connectivity index (χ0v) is 12.9. The lowest BCUT2D eigenvalue weighted by Gasteiger charge is -2.18. The second-order valence-corrected chi connectivity index (χ2v) is 7.01. The van der Waals surface area contributed by atoms with E-state index in [1.807, 2.05) is 60.7 Å². The molecule has 0 aliphatic carbocycles. The molecule has 0 saturated heterocycles. The Morgan fingerprint density at radius 1 is 0.850 bits per heavy atom. The summed E-state index contributed by atoms with van der Waals surface area (Å²) in [6, 6.07) is 19.8. The summed E-state index contributed by atoms with van der Waals surface area (Å²) >= 11 is 5.34. The van der Waals surface area contributed by atoms with Crippen LogP contribution < -0.4 is 4.87 Å². The van der Waals surface area contributed by atoms with Crippen molar-refractivity contribution in [3.8, 4) is 0 Å². The van der Waals surface area contributed by atoms with Crippen LogP contribution in [0.4, 0.5) is 0 Å². The van der Waals surface area contributed by atoms with Gasteiger partial charge in [0.2, 0.25) is 0 Å². The largest absolute Gasteiger partial charge is 0.319 e. The lowest BCUT2D eigenvalue weighted by atomic mass is 9.99. The lowest BCUT2D eigenvalue weighted by Crippen LogP contribution is -2.21. The summed E-state index contributed by atoms with van der Waals surface area (Å²) in [5.41, 5.74) is 2.13. The molecule has 2 aromatic carbocycles. The Bertz CT molecular complexity index is 735. The van der Waals surface area contributed by atoms with Crippen LogP contribution in [0.3, 0.4) is 0 Å². The van der Waals surface area contributed by atoms with Crippen molar-refractivity contribution < 1.29 is 0 Å². The summed E-state index contributed by atoms with van der Waals surface area (Å²) in [7, 11) is 2.55. The van der Waals surface area contributed by atoms with Crippen LogP contribution in [0.1, 0.15) is 17.2 Å². The fraction of sp³-hybridized carbons (Fsp3) is 0.0667. The van der Waals surface area contributed by atoms with Gasteiger partial charge in [-0.05, 0) is 44.0 Å². The molecule has 0 N–H and O–H groups in total. The topological polar surface area (TPSA) is 22.0 Å². The molecule has 5 heteroatoms. The molecule has 0 radical (unpaired) electrons. The molecule has 100 valence electrons. The molecule has 2 nitrogen and oxygen atoms in total. The first kappa shape index (κ1) is 13.4. The van der Waals surface area contributed by atoms with E-state index in [4.69, 9.17) is 12.2 Å². The highest BCUT2D eigenvalue weighted by molar-refractivity contribution is 7.79. The first-order chi connectivity index (χ1) is 9.77. The number of hydrogen-bond donors (Lipinski definition) is 0. The van der Waals surface area contributed by atoms with Crippen molar-refractivity contribution in [2.45, 2.75) is 6.04 Å². The van der Waals surface area contributed by atoms with Gasteiger partial charge in [0.05, 0.1) is 6.04 Å². The first-order valence-electron chi connectivity index (χ1n) is 6.09. The minimum atomic E-state index is -0.153. The summed E-state index contributed by atoms with van der Waals surface area (Å²) in [6.45, 7) is 0. The quantitative estimate of drug-likeness (QED) is 0.529. The van der Waals surface area contributed by atoms with E-state index in [0.717, 1.165) is 11.1 Å². The summed E-state index contributed by atoms with van der Waals surface area (Å²) in [6.07, 6.45) is 0. The summed E-state index contributed by atoms with van der Waals surface area (Å²) < 4.78 is 2.33. The molecule has 20 heavy (non-hydrogen) atoms. The van der Waals surface area contributed by atoms with Crippen LogP contribution in [0.5, 0.6) is 0 Å². The van der Waals surface area contributed by atoms with Gasteiger partial charge in [-0.2, -0.15) is 0 Å². The second kappa shape index (κ2) is 5.83. The van der Waals surface area contributed by atoms with Crippen LogP contribution in [-0.4, -0.2) is 4.57 Å². The normalized spacial score (nSPS) is 10.8. The van der Waals surface area contributed by atoms with Gasteiger partial charge in [-0.25, -0.2) is 0 Å². The Balaban J connectivity index is 2.25. The molecule has 0 spiro atoms. The third kappa shape index (κ3) is 2.52. The Kier molecular flexibility index (Phi) is 3.91. The summed E-state index contributed by atoms with van der Waals surface area (Å²) in [4.78, 5) is 12.2. The molecule has 0 aliphatic heterocycles. The Morgan fingerprint density at radius 3 is 1.75 bits per heavy atom. The SMILES string of the molecule is O=c1ssc(=S)n1C(c1ccccc1)c1ccccc1. The van der Waals surface area contributed by atoms with E-state index in [-0.39, 0.29) is 10.9 Å². The monoisotopic (exact) mass is 317 g/mol. The third-order valence-corrected chi connectivity index (χ3v) is 5.74. The van der Waals surface area contributed by atoms with E-state index in [0.29, 0.717) is 3.95 Å². The van der Waals surface area contributed by atoms with E-state index in [1.165, 1.54) is 20.7 Å². The number of aromatic nitrogens is 1. The number of nitrogens with zero attached hydrogens (tertiary/aromatic N) is 1. The predicted molar refractivity (Wildman–Crippen MR) is 87.4 cm³/mol. The third-order valence-electron chi connectivity index (χ3n) is 3.07. The highest BCUT2D eigenvalue weighted by atomic mass is 32.9. The maximum atomic E-state index is 12.2. The van der Waals surface area contributed by atoms with Crippen molar-refractivity contribution in [1.82, 2.24) is 4.57 Å². The van der Waals surface area contributed by atoms with Crippen molar-refractivity contribution in [3.63, 3.8) is 0 Å². The van der Waals surface area contributed by atoms with Gasteiger partial charge in [0.15, 0.2) is 3.95 Å². The number of hydrogen-bond acceptors (Lipinski definition) is 4. The van der Waals surface area contributed by atoms with Gasteiger partial charge in [-0.15, -0.1) is 0 Å². The van der Waals surface area contributed by atoms with Crippen molar-refractivity contribution in [2.24, 2.45) is 0 Å². The maximum Gasteiger partial charge on any atom is 0.319 e. The molecule has 3 rings (SSSR count). The average molecular weight is 317 g/mol. The summed E-state index contributed by atoms with van der Waals surface area (Å²) in [5, 5.41) is 0. The van der Waals surface area contributed by atoms with Crippen LogP contribution in [0, 0.1) is 3.95 Å². The van der Waals surface area contributed by atoms with Gasteiger partial charge < -0.3 is 0 Å². The molecule has 0 saturated carbocycles. The van der Waals surface area contributed by atoms with Crippen molar-refractivity contribution in [2.75, 3.05) is 0 Å². The van der Waals surface area contributed by atoms with Gasteiger partial charge >= 0.3 is 4.87 Å². The average Bonchev–Trinajstić information content (AvgIpc) is 2.82. The van der Waals surface area contributed by atoms with E-state index in [9.17, 15) is 4.79 Å². The zero-order valence-electron chi connectivity index (χ0n) is 10.4. The molecular weight excluding hydrogens is 306 g/mol. The standard InChI is InChI=1S/C15H11NOS3/c17-14-16(15(18)20-19-14)13(11-7-3-1-4-8-11)12-9-5-2-6-10-12/h1-10,13H. The molecule has 1 heterocycles. The fourth-order valence-electron chi connectivity index (χ4n) is 2.20. The van der Waals surface area contributed by atoms with Gasteiger partial charge in [0, 0.05) is 0 Å². The van der Waals surface area contributed by atoms with Gasteiger partial charge in [0.25, 0.3) is 0 Å². The van der Waals surface area contributed by atoms with E-state index >= 15 is 0 Å². The fourth-order valence-corrected chi connectivity index (χ4v) is 4.41. The van der Waals surface area contributed by atoms with Crippen LogP contribution in [0.25, 0.3) is 0 Å². The Hall–Kier alpha value is -1.56. The van der Waals surface area contributed by atoms with Gasteiger partial charge in [-0.1, -0.05) is 60.7 Å². The molecule has 0 amide bonds. The highest BCUT2D eigenvalue weighted by Crippen LogP contribution is 2.27. The van der Waals surface area contributed by atoms with E-state index in [2.05, 4.69) is 0 Å². The zero-order chi connectivity index (χ0) is 13.9. The predicted octanol–water partition coefficient (Wildman–Crippen LogP) is 4.34. The van der Waals surface area contributed by atoms with Crippen molar-refractivity contribution >= 4 is 32.9 Å². The van der Waals surface area contributed by atoms with Crippen molar-refractivity contribution in [3.05, 3.63) is 85.4 Å². The van der Waals surface area contributed by atoms with Crippen molar-refractivity contribution in [1.29, 1.82) is 0 Å². The molecule has 0 unspecified atom stereocenters. The highest BCUT2D eigenvalue weighted by Gasteiger charge is 2.19. The van der Waals surface area contributed by atoms with Gasteiger partial charge in [0.1, 0.15) is 0 Å². The molecule has 0 aliphatic rings. The second-order valence-electron chi connectivity index (χ2n) is 4.29. The molecular formula is C15H11NOS3. The van der Waals surface area contributed by atoms with Crippen LogP contribution >= 0.6 is 32.9 Å². The number of rotatable bonds is 3. The molecule has 1 aromatic heterocycles. The van der Waals surface area contributed by atoms with Crippen LogP contribution in [0.2, 0.25) is 0 Å². The summed E-state index contributed by atoms with van der Waals surface area (Å²) in [5.74, 6) is 0. The molecule has 0 fully saturated rings. The van der Waals surface area contributed by atoms with Crippen LogP contribution in [0.15, 0.2) is 65.5 Å². The first-order valence-corrected chi connectivity index (χ1v) is 8.65. The smallest absolute Gasteiger partial charge is 0.269 e. The Labute approximate surface area is 129 Å². The Morgan fingerprint density at radius 2 is 1.35 bits per heavy atom. The molecule has 0 atom stereocenters. The minimum absolute atomic E-state index is 0.00212. The van der Waals surface area contributed by atoms with E-state index < -0.39 is 0 Å². The van der Waals surface area contributed by atoms with Gasteiger partial charge in [-0.3, -0.25) is 9.36 Å². The number of benzene rings is 2. The molecule has 0 bridgehead atoms. The minimum Gasteiger partial charge on any atom is -0.269 e. The maximum absolute atomic E-state index is 12.2. The van der Waals surface area contributed by atoms with E-state index in [1.54, 1.807) is 4.57 Å². The molecule has 3 aromatic rings. The lowest BCUT2D eigenvalue weighted by molar-refractivity contribution is 0.663.